The summed E-state index contributed by atoms with van der Waals surface area (Å²) in [7, 11) is 0. The molecule has 0 saturated heterocycles. The van der Waals surface area contributed by atoms with Crippen molar-refractivity contribution in [3.8, 4) is 0 Å². The van der Waals surface area contributed by atoms with Gasteiger partial charge in [0, 0.05) is 24.0 Å². The Bertz CT molecular complexity index is 834. The molecule has 2 aliphatic rings. The second-order valence-electron chi connectivity index (χ2n) is 4.93. The number of allylic oxidation sites excluding steroid dienone is 2. The highest BCUT2D eigenvalue weighted by Crippen LogP contribution is 2.37. The number of pyridine rings is 1. The molecule has 104 valence electrons. The minimum absolute atomic E-state index is 0.459. The quantitative estimate of drug-likeness (QED) is 0.741. The lowest BCUT2D eigenvalue weighted by Crippen LogP contribution is -2.49. The van der Waals surface area contributed by atoms with Crippen LogP contribution in [0.1, 0.15) is 11.4 Å². The van der Waals surface area contributed by atoms with Crippen molar-refractivity contribution < 1.29 is 13.1 Å². The zero-order valence-electron chi connectivity index (χ0n) is 10.7. The number of hydrogen-bond acceptors (Lipinski definition) is 1. The van der Waals surface area contributed by atoms with Crippen molar-refractivity contribution in [3.63, 3.8) is 0 Å². The van der Waals surface area contributed by atoms with E-state index < -0.39 is 6.97 Å². The van der Waals surface area contributed by atoms with Crippen LogP contribution >= 0.6 is 11.6 Å². The monoisotopic (exact) mass is 303 g/mol. The van der Waals surface area contributed by atoms with Crippen molar-refractivity contribution >= 4 is 30.4 Å². The zero-order chi connectivity index (χ0) is 14.6. The fourth-order valence-corrected chi connectivity index (χ4v) is 2.92. The van der Waals surface area contributed by atoms with Crippen LogP contribution < -0.4 is 0 Å². The van der Waals surface area contributed by atoms with Crippen molar-refractivity contribution in [2.75, 3.05) is 0 Å². The lowest BCUT2D eigenvalue weighted by Gasteiger charge is -2.30. The third kappa shape index (κ3) is 1.65. The molecule has 0 fully saturated rings. The fourth-order valence-electron chi connectivity index (χ4n) is 2.80. The molecule has 0 bridgehead atoms. The average molecular weight is 304 g/mol. The fraction of sp³-hybridized carbons (Fsp3) is 0. The van der Waals surface area contributed by atoms with Crippen molar-refractivity contribution in [2.45, 2.75) is 0 Å². The first-order valence-corrected chi connectivity index (χ1v) is 6.83. The number of nitrogens with zero attached hydrogens (tertiary/aromatic N) is 3. The van der Waals surface area contributed by atoms with Crippen LogP contribution in [0.4, 0.5) is 8.63 Å². The van der Waals surface area contributed by atoms with Gasteiger partial charge in [-0.25, -0.2) is 0 Å². The Morgan fingerprint density at radius 3 is 2.86 bits per heavy atom. The van der Waals surface area contributed by atoms with Crippen LogP contribution in [0.15, 0.2) is 54.5 Å². The molecule has 2 aromatic heterocycles. The van der Waals surface area contributed by atoms with E-state index in [4.69, 9.17) is 11.6 Å². The largest absolute Gasteiger partial charge is 0.737 e. The van der Waals surface area contributed by atoms with Gasteiger partial charge < -0.3 is 17.6 Å². The second-order valence-corrected chi connectivity index (χ2v) is 5.36. The summed E-state index contributed by atoms with van der Waals surface area (Å²) in [5.41, 5.74) is 2.21. The third-order valence-electron chi connectivity index (χ3n) is 3.72. The summed E-state index contributed by atoms with van der Waals surface area (Å²) in [5.74, 6) is 0. The lowest BCUT2D eigenvalue weighted by atomic mass is 9.88. The van der Waals surface area contributed by atoms with Gasteiger partial charge in [-0.3, -0.25) is 4.98 Å². The minimum atomic E-state index is -3.86. The van der Waals surface area contributed by atoms with Crippen LogP contribution in [0.25, 0.3) is 5.57 Å². The van der Waals surface area contributed by atoms with Gasteiger partial charge in [0.1, 0.15) is 6.21 Å². The van der Waals surface area contributed by atoms with Gasteiger partial charge in [-0.2, -0.15) is 0 Å². The highest BCUT2D eigenvalue weighted by molar-refractivity contribution is 6.57. The van der Waals surface area contributed by atoms with E-state index in [1.54, 1.807) is 36.4 Å². The molecule has 3 nitrogen and oxygen atoms in total. The molecule has 2 aliphatic heterocycles. The Morgan fingerprint density at radius 1 is 1.24 bits per heavy atom. The van der Waals surface area contributed by atoms with Gasteiger partial charge >= 0.3 is 6.97 Å². The van der Waals surface area contributed by atoms with Crippen LogP contribution in [-0.2, 0) is 0 Å². The molecule has 0 amide bonds. The predicted molar refractivity (Wildman–Crippen MR) is 78.5 cm³/mol. The molecule has 0 aliphatic carbocycles. The molecule has 0 aromatic carbocycles. The number of halogens is 3. The van der Waals surface area contributed by atoms with E-state index in [2.05, 4.69) is 4.98 Å². The summed E-state index contributed by atoms with van der Waals surface area (Å²) in [4.78, 5) is 4.27. The first-order valence-electron chi connectivity index (χ1n) is 6.45. The number of hydrogen-bond donors (Lipinski definition) is 0. The maximum atomic E-state index is 14.5. The van der Waals surface area contributed by atoms with Crippen molar-refractivity contribution in [2.24, 2.45) is 0 Å². The lowest BCUT2D eigenvalue weighted by molar-refractivity contribution is -0.356. The highest BCUT2D eigenvalue weighted by Gasteiger charge is 2.51. The molecular weight excluding hydrogens is 294 g/mol. The molecule has 4 rings (SSSR count). The van der Waals surface area contributed by atoms with Gasteiger partial charge in [-0.1, -0.05) is 11.6 Å². The molecular formula is C14H9BClF2N3. The summed E-state index contributed by atoms with van der Waals surface area (Å²) in [6, 6.07) is 6.74. The maximum Gasteiger partial charge on any atom is 0.737 e. The highest BCUT2D eigenvalue weighted by atomic mass is 35.5. The molecule has 7 heteroatoms. The van der Waals surface area contributed by atoms with Crippen LogP contribution in [-0.4, -0.2) is 27.1 Å². The Hall–Kier alpha value is -2.21. The van der Waals surface area contributed by atoms with Crippen molar-refractivity contribution in [1.29, 1.82) is 0 Å². The van der Waals surface area contributed by atoms with Crippen LogP contribution in [0, 0.1) is 0 Å². The third-order valence-corrected chi connectivity index (χ3v) is 3.95. The van der Waals surface area contributed by atoms with Crippen molar-refractivity contribution in [3.05, 3.63) is 70.9 Å². The molecule has 21 heavy (non-hydrogen) atoms. The van der Waals surface area contributed by atoms with E-state index in [9.17, 15) is 8.63 Å². The molecule has 4 heterocycles. The zero-order valence-corrected chi connectivity index (χ0v) is 11.5. The maximum absolute atomic E-state index is 14.5. The summed E-state index contributed by atoms with van der Waals surface area (Å²) in [6.45, 7) is -3.86. The average Bonchev–Trinajstić information content (AvgIpc) is 3.10. The normalized spacial score (nSPS) is 18.5. The van der Waals surface area contributed by atoms with Gasteiger partial charge in [0.15, 0.2) is 5.70 Å². The molecule has 0 unspecified atom stereocenters. The first-order chi connectivity index (χ1) is 10.1. The van der Waals surface area contributed by atoms with Crippen LogP contribution in [0.2, 0.25) is 5.02 Å². The van der Waals surface area contributed by atoms with E-state index in [1.807, 2.05) is 0 Å². The van der Waals surface area contributed by atoms with Gasteiger partial charge in [0.05, 0.1) is 16.3 Å². The first kappa shape index (κ1) is 12.5. The molecule has 0 N–H and O–H groups in total. The van der Waals surface area contributed by atoms with Gasteiger partial charge in [0.2, 0.25) is 0 Å². The summed E-state index contributed by atoms with van der Waals surface area (Å²) < 4.78 is 31.1. The summed E-state index contributed by atoms with van der Waals surface area (Å²) in [6.07, 6.45) is 7.61. The molecule has 2 aromatic rings. The van der Waals surface area contributed by atoms with E-state index in [1.165, 1.54) is 18.6 Å². The van der Waals surface area contributed by atoms with Gasteiger partial charge in [0.25, 0.3) is 0 Å². The standard InChI is InChI=1S/C14H9BClF2N3/c16-10-5-6-11(19-9-10)14-12-3-1-7-20(12)15(17,18)21-8-2-4-13(14)21/h1-9H. The van der Waals surface area contributed by atoms with Crippen LogP contribution in [0.5, 0.6) is 0 Å². The molecule has 0 atom stereocenters. The van der Waals surface area contributed by atoms with E-state index >= 15 is 0 Å². The van der Waals surface area contributed by atoms with E-state index in [-0.39, 0.29) is 0 Å². The Balaban J connectivity index is 2.04. The topological polar surface area (TPSA) is 20.8 Å². The van der Waals surface area contributed by atoms with E-state index in [0.717, 1.165) is 8.96 Å². The van der Waals surface area contributed by atoms with Crippen LogP contribution in [0.3, 0.4) is 0 Å². The Kier molecular flexibility index (Phi) is 2.47. The van der Waals surface area contributed by atoms with Gasteiger partial charge in [-0.05, 0) is 30.5 Å². The minimum Gasteiger partial charge on any atom is -0.396 e. The second kappa shape index (κ2) is 4.15. The number of fused-ring (bicyclic) bond motifs is 2. The summed E-state index contributed by atoms with van der Waals surface area (Å²) in [5, 5.41) is 0.510. The Morgan fingerprint density at radius 2 is 2.10 bits per heavy atom. The van der Waals surface area contributed by atoms with Crippen molar-refractivity contribution in [1.82, 2.24) is 9.46 Å². The number of aromatic nitrogens is 2. The molecule has 0 spiro atoms. The Labute approximate surface area is 124 Å². The number of rotatable bonds is 1. The van der Waals surface area contributed by atoms with Gasteiger partial charge in [-0.15, -0.1) is 0 Å². The smallest absolute Gasteiger partial charge is 0.396 e. The SMILES string of the molecule is F[B-]1(F)n2cccc2C(c2ccc(Cl)cn2)=C2C=CC=[N+]21. The summed E-state index contributed by atoms with van der Waals surface area (Å²) >= 11 is 5.86. The molecule has 0 radical (unpaired) electrons. The molecule has 0 saturated carbocycles. The predicted octanol–water partition coefficient (Wildman–Crippen LogP) is 3.19. The van der Waals surface area contributed by atoms with E-state index in [0.29, 0.717) is 27.7 Å².